The van der Waals surface area contributed by atoms with E-state index in [4.69, 9.17) is 0 Å². The Morgan fingerprint density at radius 2 is 1.40 bits per heavy atom. The molecule has 0 amide bonds. The molecule has 3 aromatic rings. The van der Waals surface area contributed by atoms with Crippen LogP contribution in [0.15, 0.2) is 72.8 Å². The summed E-state index contributed by atoms with van der Waals surface area (Å²) in [6.07, 6.45) is 1.08. The molecule has 0 bridgehead atoms. The molecule has 1 unspecified atom stereocenters. The average Bonchev–Trinajstić information content (AvgIpc) is 2.88. The Hall–Kier alpha value is -1.91. The summed E-state index contributed by atoms with van der Waals surface area (Å²) in [5.74, 6) is 0. The SMILES string of the molecule is c1ccc(Pc2cccc3c2Cc2ccccc2-3)cc1. The summed E-state index contributed by atoms with van der Waals surface area (Å²) < 4.78 is 0. The van der Waals surface area contributed by atoms with E-state index in [-0.39, 0.29) is 0 Å². The van der Waals surface area contributed by atoms with Crippen molar-refractivity contribution in [1.29, 1.82) is 0 Å². The van der Waals surface area contributed by atoms with E-state index in [9.17, 15) is 0 Å². The van der Waals surface area contributed by atoms with Gasteiger partial charge in [0.1, 0.15) is 0 Å². The quantitative estimate of drug-likeness (QED) is 0.486. The molecule has 0 spiro atoms. The highest BCUT2D eigenvalue weighted by molar-refractivity contribution is 7.55. The Balaban J connectivity index is 1.78. The first kappa shape index (κ1) is 11.9. The van der Waals surface area contributed by atoms with Gasteiger partial charge in [-0.05, 0) is 39.3 Å². The molecule has 1 aliphatic carbocycles. The zero-order valence-electron chi connectivity index (χ0n) is 11.1. The molecular weight excluding hydrogens is 259 g/mol. The minimum Gasteiger partial charge on any atom is -0.0622 e. The predicted molar refractivity (Wildman–Crippen MR) is 88.7 cm³/mol. The van der Waals surface area contributed by atoms with Crippen LogP contribution in [0.1, 0.15) is 11.1 Å². The van der Waals surface area contributed by atoms with E-state index in [1.54, 1.807) is 0 Å². The van der Waals surface area contributed by atoms with Gasteiger partial charge in [-0.15, -0.1) is 0 Å². The molecular formula is C19H15P. The maximum Gasteiger partial charge on any atom is -0.000709 e. The molecule has 4 rings (SSSR count). The largest absolute Gasteiger partial charge is 0.0622 e. The topological polar surface area (TPSA) is 0 Å². The highest BCUT2D eigenvalue weighted by Gasteiger charge is 2.20. The Labute approximate surface area is 121 Å². The molecule has 0 saturated carbocycles. The second kappa shape index (κ2) is 4.89. The van der Waals surface area contributed by atoms with E-state index >= 15 is 0 Å². The van der Waals surface area contributed by atoms with Crippen LogP contribution in [0.3, 0.4) is 0 Å². The van der Waals surface area contributed by atoms with Crippen molar-refractivity contribution < 1.29 is 0 Å². The summed E-state index contributed by atoms with van der Waals surface area (Å²) in [4.78, 5) is 0. The molecule has 0 radical (unpaired) electrons. The lowest BCUT2D eigenvalue weighted by molar-refractivity contribution is 1.28. The predicted octanol–water partition coefficient (Wildman–Crippen LogP) is 3.89. The Kier molecular flexibility index (Phi) is 2.90. The molecule has 0 nitrogen and oxygen atoms in total. The first-order valence-electron chi connectivity index (χ1n) is 6.94. The zero-order valence-corrected chi connectivity index (χ0v) is 12.1. The summed E-state index contributed by atoms with van der Waals surface area (Å²) in [5.41, 5.74) is 5.84. The van der Waals surface area contributed by atoms with Crippen LogP contribution in [0.4, 0.5) is 0 Å². The third kappa shape index (κ3) is 1.97. The van der Waals surface area contributed by atoms with Gasteiger partial charge < -0.3 is 0 Å². The summed E-state index contributed by atoms with van der Waals surface area (Å²) in [5, 5.41) is 2.90. The van der Waals surface area contributed by atoms with Crippen LogP contribution >= 0.6 is 8.58 Å². The van der Waals surface area contributed by atoms with Crippen LogP contribution in [0.2, 0.25) is 0 Å². The van der Waals surface area contributed by atoms with Crippen LogP contribution in [0.5, 0.6) is 0 Å². The van der Waals surface area contributed by atoms with Crippen LogP contribution in [0, 0.1) is 0 Å². The van der Waals surface area contributed by atoms with E-state index in [1.165, 1.54) is 32.9 Å². The van der Waals surface area contributed by atoms with Crippen molar-refractivity contribution in [3.8, 4) is 11.1 Å². The zero-order chi connectivity index (χ0) is 13.4. The molecule has 0 aliphatic heterocycles. The first-order chi connectivity index (χ1) is 9.92. The van der Waals surface area contributed by atoms with E-state index in [0.29, 0.717) is 0 Å². The van der Waals surface area contributed by atoms with Gasteiger partial charge in [-0.2, -0.15) is 0 Å². The third-order valence-corrected chi connectivity index (χ3v) is 5.26. The van der Waals surface area contributed by atoms with Gasteiger partial charge in [0, 0.05) is 0 Å². The first-order valence-corrected chi connectivity index (χ1v) is 7.94. The fourth-order valence-electron chi connectivity index (χ4n) is 2.95. The third-order valence-electron chi connectivity index (χ3n) is 3.90. The average molecular weight is 274 g/mol. The van der Waals surface area contributed by atoms with Crippen molar-refractivity contribution in [2.75, 3.05) is 0 Å². The van der Waals surface area contributed by atoms with Gasteiger partial charge in [0.05, 0.1) is 0 Å². The van der Waals surface area contributed by atoms with Gasteiger partial charge in [-0.1, -0.05) is 81.4 Å². The second-order valence-corrected chi connectivity index (χ2v) is 6.52. The minimum atomic E-state index is 0.747. The smallest absolute Gasteiger partial charge is 0.000709 e. The Bertz CT molecular complexity index is 760. The van der Waals surface area contributed by atoms with Crippen molar-refractivity contribution in [3.05, 3.63) is 83.9 Å². The van der Waals surface area contributed by atoms with Crippen LogP contribution in [-0.2, 0) is 6.42 Å². The number of hydrogen-bond acceptors (Lipinski definition) is 0. The van der Waals surface area contributed by atoms with Crippen molar-refractivity contribution >= 4 is 19.2 Å². The van der Waals surface area contributed by atoms with Gasteiger partial charge in [0.25, 0.3) is 0 Å². The number of rotatable bonds is 2. The lowest BCUT2D eigenvalue weighted by atomic mass is 10.1. The van der Waals surface area contributed by atoms with Gasteiger partial charge in [-0.3, -0.25) is 0 Å². The molecule has 0 aromatic heterocycles. The summed E-state index contributed by atoms with van der Waals surface area (Å²) in [6.45, 7) is 0. The molecule has 1 heteroatoms. The lowest BCUT2D eigenvalue weighted by Gasteiger charge is -2.08. The standard InChI is InChI=1S/C19H15P/c1-2-8-15(9-3-1)20-19-12-6-11-17-16-10-5-4-7-14(16)13-18(17)19/h1-12,20H,13H2. The van der Waals surface area contributed by atoms with Gasteiger partial charge >= 0.3 is 0 Å². The molecule has 20 heavy (non-hydrogen) atoms. The van der Waals surface area contributed by atoms with Crippen LogP contribution < -0.4 is 10.6 Å². The normalized spacial score (nSPS) is 12.6. The number of hydrogen-bond donors (Lipinski definition) is 0. The van der Waals surface area contributed by atoms with E-state index in [2.05, 4.69) is 72.8 Å². The highest BCUT2D eigenvalue weighted by atomic mass is 31.1. The van der Waals surface area contributed by atoms with Crippen molar-refractivity contribution in [2.24, 2.45) is 0 Å². The fraction of sp³-hybridized carbons (Fsp3) is 0.0526. The van der Waals surface area contributed by atoms with Gasteiger partial charge in [-0.25, -0.2) is 0 Å². The molecule has 0 saturated heterocycles. The van der Waals surface area contributed by atoms with E-state index in [1.807, 2.05) is 0 Å². The van der Waals surface area contributed by atoms with E-state index < -0.39 is 0 Å². The van der Waals surface area contributed by atoms with Crippen LogP contribution in [0.25, 0.3) is 11.1 Å². The van der Waals surface area contributed by atoms with E-state index in [0.717, 1.165) is 15.0 Å². The molecule has 1 atom stereocenters. The van der Waals surface area contributed by atoms with Gasteiger partial charge in [0.15, 0.2) is 0 Å². The molecule has 0 N–H and O–H groups in total. The maximum absolute atomic E-state index is 2.29. The Morgan fingerprint density at radius 1 is 0.650 bits per heavy atom. The summed E-state index contributed by atoms with van der Waals surface area (Å²) >= 11 is 0. The number of fused-ring (bicyclic) bond motifs is 3. The maximum atomic E-state index is 2.29. The van der Waals surface area contributed by atoms with Crippen LogP contribution in [-0.4, -0.2) is 0 Å². The second-order valence-electron chi connectivity index (χ2n) is 5.16. The minimum absolute atomic E-state index is 0.747. The summed E-state index contributed by atoms with van der Waals surface area (Å²) in [7, 11) is 0.747. The molecule has 1 aliphatic rings. The van der Waals surface area contributed by atoms with Crippen molar-refractivity contribution in [1.82, 2.24) is 0 Å². The molecule has 0 fully saturated rings. The monoisotopic (exact) mass is 274 g/mol. The molecule has 0 heterocycles. The van der Waals surface area contributed by atoms with Crippen molar-refractivity contribution in [3.63, 3.8) is 0 Å². The Morgan fingerprint density at radius 3 is 2.30 bits per heavy atom. The van der Waals surface area contributed by atoms with Gasteiger partial charge in [0.2, 0.25) is 0 Å². The van der Waals surface area contributed by atoms with Crippen molar-refractivity contribution in [2.45, 2.75) is 6.42 Å². The lowest BCUT2D eigenvalue weighted by Crippen LogP contribution is -2.08. The highest BCUT2D eigenvalue weighted by Crippen LogP contribution is 2.36. The number of benzene rings is 3. The molecule has 3 aromatic carbocycles. The molecule has 96 valence electrons. The fourth-order valence-corrected chi connectivity index (χ4v) is 4.18. The summed E-state index contributed by atoms with van der Waals surface area (Å²) in [6, 6.07) is 26.3.